The van der Waals surface area contributed by atoms with Crippen molar-refractivity contribution in [3.05, 3.63) is 107 Å². The van der Waals surface area contributed by atoms with Crippen molar-refractivity contribution in [1.29, 1.82) is 0 Å². The standard InChI is InChI=1S/C51H76N3O6/c1-7-53(8-2)37-49(56)59-38-46(42-24-15-12-16-25-42)50(57)60-45-34-44-28-29-51(35-45,54(44,6)39(3)4)47-27-26-43(33-40(47)5)48(55)36-52-30-18-9-10-19-31-58-32-20-17-23-41-21-13-11-14-22-41/h11-16,21-22,24-27,39,44-46,48,52,55H,5,7-10,17-20,23,28-38H2,1-4,6H3/q+1. The number of fused-ring (bicyclic) bond motifs is 2. The molecule has 0 spiro atoms. The molecule has 0 aromatic heterocycles. The molecule has 9 heteroatoms. The van der Waals surface area contributed by atoms with E-state index in [0.29, 0.717) is 31.5 Å². The molecule has 2 aromatic rings. The number of rotatable bonds is 26. The number of allylic oxidation sites excluding steroid dienone is 2. The quantitative estimate of drug-likeness (QED) is 0.0555. The number of nitrogens with zero attached hydrogens (tertiary/aromatic N) is 2. The van der Waals surface area contributed by atoms with Gasteiger partial charge in [-0.15, -0.1) is 0 Å². The van der Waals surface area contributed by atoms with Crippen LogP contribution < -0.4 is 5.32 Å². The topological polar surface area (TPSA) is 97.3 Å². The molecule has 0 amide bonds. The molecule has 60 heavy (non-hydrogen) atoms. The van der Waals surface area contributed by atoms with E-state index in [2.05, 4.69) is 75.3 Å². The first kappa shape index (κ1) is 47.4. The highest BCUT2D eigenvalue weighted by molar-refractivity contribution is 5.79. The second-order valence-corrected chi connectivity index (χ2v) is 17.9. The molecule has 2 saturated heterocycles. The Hall–Kier alpha value is -3.60. The van der Waals surface area contributed by atoms with Crippen LogP contribution in [0.25, 0.3) is 0 Å². The van der Waals surface area contributed by atoms with Crippen molar-refractivity contribution in [2.24, 2.45) is 0 Å². The zero-order chi connectivity index (χ0) is 43.0. The van der Waals surface area contributed by atoms with Gasteiger partial charge in [-0.3, -0.25) is 14.5 Å². The number of ether oxygens (including phenoxy) is 3. The van der Waals surface area contributed by atoms with Gasteiger partial charge in [-0.1, -0.05) is 106 Å². The third-order valence-electron chi connectivity index (χ3n) is 13.9. The van der Waals surface area contributed by atoms with E-state index < -0.39 is 12.0 Å². The van der Waals surface area contributed by atoms with Gasteiger partial charge in [0, 0.05) is 51.0 Å². The van der Waals surface area contributed by atoms with Gasteiger partial charge in [0.25, 0.3) is 0 Å². The molecule has 1 aliphatic carbocycles. The fraction of sp³-hybridized carbons (Fsp3) is 0.608. The van der Waals surface area contributed by atoms with Gasteiger partial charge in [-0.25, -0.2) is 0 Å². The molecule has 0 saturated carbocycles. The predicted molar refractivity (Wildman–Crippen MR) is 242 cm³/mol. The van der Waals surface area contributed by atoms with Crippen LogP contribution in [0.5, 0.6) is 0 Å². The Kier molecular flexibility index (Phi) is 18.6. The average Bonchev–Trinajstić information content (AvgIpc) is 3.38. The van der Waals surface area contributed by atoms with Crippen LogP contribution in [0.15, 0.2) is 96.1 Å². The van der Waals surface area contributed by atoms with Crippen molar-refractivity contribution in [2.45, 2.75) is 140 Å². The number of unbranched alkanes of at least 4 members (excludes halogenated alkanes) is 4. The summed E-state index contributed by atoms with van der Waals surface area (Å²) in [6.45, 7) is 18.0. The molecule has 0 radical (unpaired) electrons. The van der Waals surface area contributed by atoms with Crippen molar-refractivity contribution in [3.63, 3.8) is 0 Å². The summed E-state index contributed by atoms with van der Waals surface area (Å²) in [4.78, 5) is 28.9. The van der Waals surface area contributed by atoms with Crippen LogP contribution in [0.3, 0.4) is 0 Å². The second-order valence-electron chi connectivity index (χ2n) is 17.9. The van der Waals surface area contributed by atoms with Crippen molar-refractivity contribution in [3.8, 4) is 0 Å². The minimum Gasteiger partial charge on any atom is -0.463 e. The minimum atomic E-state index is -0.705. The first-order valence-electron chi connectivity index (χ1n) is 23.1. The van der Waals surface area contributed by atoms with Gasteiger partial charge in [-0.05, 0) is 94.3 Å². The van der Waals surface area contributed by atoms with Crippen LogP contribution in [0.1, 0.15) is 115 Å². The third kappa shape index (κ3) is 12.3. The minimum absolute atomic E-state index is 0.0529. The molecule has 2 bridgehead atoms. The fourth-order valence-electron chi connectivity index (χ4n) is 10.1. The van der Waals surface area contributed by atoms with Gasteiger partial charge < -0.3 is 29.1 Å². The number of hydrogen-bond donors (Lipinski definition) is 2. The molecule has 5 rings (SSSR count). The summed E-state index contributed by atoms with van der Waals surface area (Å²) in [5.41, 5.74) is 5.18. The van der Waals surface area contributed by atoms with E-state index in [1.807, 2.05) is 49.1 Å². The molecule has 9 nitrogen and oxygen atoms in total. The molecule has 6 atom stereocenters. The maximum Gasteiger partial charge on any atom is 0.320 e. The highest BCUT2D eigenvalue weighted by Crippen LogP contribution is 2.57. The number of benzene rings is 2. The predicted octanol–water partition coefficient (Wildman–Crippen LogP) is 8.48. The smallest absolute Gasteiger partial charge is 0.320 e. The van der Waals surface area contributed by atoms with Crippen LogP contribution in [0.2, 0.25) is 0 Å². The number of quaternary nitrogens is 1. The van der Waals surface area contributed by atoms with Crippen LogP contribution in [0.4, 0.5) is 0 Å². The van der Waals surface area contributed by atoms with Crippen molar-refractivity contribution in [1.82, 2.24) is 10.2 Å². The number of carbonyl (C=O) groups is 2. The molecule has 2 aliphatic heterocycles. The van der Waals surface area contributed by atoms with Crippen LogP contribution in [0, 0.1) is 0 Å². The number of aryl methyl sites for hydroxylation is 1. The summed E-state index contributed by atoms with van der Waals surface area (Å²) in [6, 6.07) is 20.9. The zero-order valence-corrected chi connectivity index (χ0v) is 37.5. The van der Waals surface area contributed by atoms with Crippen LogP contribution in [-0.2, 0) is 30.2 Å². The second kappa shape index (κ2) is 23.6. The maximum absolute atomic E-state index is 14.1. The number of carbonyl (C=O) groups excluding carboxylic acids is 2. The lowest BCUT2D eigenvalue weighted by Crippen LogP contribution is -2.70. The van der Waals surface area contributed by atoms with E-state index in [0.717, 1.165) is 112 Å². The number of aliphatic hydroxyl groups excluding tert-OH is 1. The number of aliphatic hydroxyl groups is 1. The Bertz CT molecular complexity index is 1710. The molecule has 2 N–H and O–H groups in total. The van der Waals surface area contributed by atoms with E-state index in [1.54, 1.807) is 0 Å². The maximum atomic E-state index is 14.1. The third-order valence-corrected chi connectivity index (χ3v) is 13.9. The van der Waals surface area contributed by atoms with Gasteiger partial charge >= 0.3 is 11.9 Å². The number of esters is 2. The molecule has 3 aliphatic rings. The zero-order valence-electron chi connectivity index (χ0n) is 37.5. The van der Waals surface area contributed by atoms with E-state index >= 15 is 0 Å². The van der Waals surface area contributed by atoms with Gasteiger partial charge in [-0.2, -0.15) is 0 Å². The lowest BCUT2D eigenvalue weighted by atomic mass is 9.71. The van der Waals surface area contributed by atoms with Gasteiger partial charge in [0.2, 0.25) is 0 Å². The van der Waals surface area contributed by atoms with Crippen molar-refractivity contribution in [2.75, 3.05) is 59.6 Å². The largest absolute Gasteiger partial charge is 0.463 e. The van der Waals surface area contributed by atoms with Gasteiger partial charge in [0.1, 0.15) is 24.2 Å². The lowest BCUT2D eigenvalue weighted by Gasteiger charge is -2.58. The highest BCUT2D eigenvalue weighted by atomic mass is 16.6. The van der Waals surface area contributed by atoms with E-state index in [1.165, 1.54) is 17.6 Å². The molecule has 330 valence electrons. The molecule has 6 unspecified atom stereocenters. The van der Waals surface area contributed by atoms with Gasteiger partial charge in [0.15, 0.2) is 0 Å². The Morgan fingerprint density at radius 1 is 0.950 bits per heavy atom. The van der Waals surface area contributed by atoms with Crippen molar-refractivity contribution >= 4 is 11.9 Å². The first-order chi connectivity index (χ1) is 29.0. The van der Waals surface area contributed by atoms with E-state index in [9.17, 15) is 14.7 Å². The Morgan fingerprint density at radius 2 is 1.63 bits per heavy atom. The Balaban J connectivity index is 1.12. The molecule has 2 fully saturated rings. The van der Waals surface area contributed by atoms with Crippen LogP contribution >= 0.6 is 0 Å². The first-order valence-corrected chi connectivity index (χ1v) is 23.1. The van der Waals surface area contributed by atoms with E-state index in [-0.39, 0.29) is 36.7 Å². The molecular formula is C51H76N3O6+. The Labute approximate surface area is 361 Å². The van der Waals surface area contributed by atoms with Crippen molar-refractivity contribution < 1.29 is 33.4 Å². The molecule has 2 heterocycles. The number of likely N-dealkylation sites (N-methyl/N-ethyl adjacent to an activating group) is 2. The number of piperidine rings is 1. The fourth-order valence-corrected chi connectivity index (χ4v) is 10.1. The summed E-state index contributed by atoms with van der Waals surface area (Å²) in [5, 5.41) is 14.7. The summed E-state index contributed by atoms with van der Waals surface area (Å²) in [7, 11) is 2.38. The summed E-state index contributed by atoms with van der Waals surface area (Å²) in [6.07, 6.45) is 15.5. The highest BCUT2D eigenvalue weighted by Gasteiger charge is 2.65. The van der Waals surface area contributed by atoms with Crippen LogP contribution in [-0.4, -0.2) is 116 Å². The summed E-state index contributed by atoms with van der Waals surface area (Å²) >= 11 is 0. The molecule has 2 aromatic carbocycles. The van der Waals surface area contributed by atoms with Gasteiger partial charge in [0.05, 0.1) is 31.8 Å². The lowest BCUT2D eigenvalue weighted by molar-refractivity contribution is -0.986. The SMILES string of the molecule is C=C1CC(C(O)CNCCCCCCOCCCCc2ccccc2)=CC=C1C12CCC(CC(OC(=O)C(COC(=O)CN(CC)CC)c3ccccc3)C1)[N+]2(C)C(C)C. The normalized spacial score (nSPS) is 23.6. The number of nitrogens with one attached hydrogen (secondary N) is 1. The summed E-state index contributed by atoms with van der Waals surface area (Å²) < 4.78 is 18.9. The number of hydrogen-bond acceptors (Lipinski definition) is 8. The average molecular weight is 827 g/mol. The molecular weight excluding hydrogens is 751 g/mol. The summed E-state index contributed by atoms with van der Waals surface area (Å²) in [5.74, 6) is -1.39. The monoisotopic (exact) mass is 827 g/mol. The van der Waals surface area contributed by atoms with E-state index in [4.69, 9.17) is 14.2 Å². The Morgan fingerprint density at radius 3 is 2.32 bits per heavy atom.